The molecule has 3 nitrogen and oxygen atoms in total. The highest BCUT2D eigenvalue weighted by Gasteiger charge is 2.12. The molecule has 1 N–H and O–H groups in total. The maximum atomic E-state index is 13.6. The molecule has 2 aromatic heterocycles. The average Bonchev–Trinajstić information content (AvgIpc) is 2.78. The van der Waals surface area contributed by atoms with Crippen LogP contribution in [0.25, 0.3) is 0 Å². The van der Waals surface area contributed by atoms with Gasteiger partial charge in [-0.25, -0.2) is 4.68 Å². The molecule has 0 saturated heterocycles. The van der Waals surface area contributed by atoms with Gasteiger partial charge in [0.1, 0.15) is 0 Å². The van der Waals surface area contributed by atoms with Gasteiger partial charge in [0, 0.05) is 30.6 Å². The molecular weight excluding hydrogens is 280 g/mol. The highest BCUT2D eigenvalue weighted by atomic mass is 35.5. The van der Waals surface area contributed by atoms with Gasteiger partial charge >= 0.3 is 0 Å². The zero-order chi connectivity index (χ0) is 12.4. The fourth-order valence-electron chi connectivity index (χ4n) is 1.63. The van der Waals surface area contributed by atoms with Crippen LogP contribution in [0.15, 0.2) is 12.1 Å². The van der Waals surface area contributed by atoms with Gasteiger partial charge in [0.05, 0.1) is 5.69 Å². The maximum absolute atomic E-state index is 13.6. The Morgan fingerprint density at radius 3 is 2.56 bits per heavy atom. The lowest BCUT2D eigenvalue weighted by atomic mass is 10.2. The number of hydrogen-bond donors (Lipinski definition) is 1. The van der Waals surface area contributed by atoms with Crippen LogP contribution in [-0.2, 0) is 20.1 Å². The standard InChI is InChI=1S/C11H13F2N3S.ClH/c1-7-9(11(13)16(2)15-7)6-14-5-8-3-4-10(12)17-8;/h3-4,14H,5-6H2,1-2H3;1H. The summed E-state index contributed by atoms with van der Waals surface area (Å²) in [7, 11) is 1.57. The van der Waals surface area contributed by atoms with E-state index in [1.165, 1.54) is 10.7 Å². The summed E-state index contributed by atoms with van der Waals surface area (Å²) in [4.78, 5) is 0.893. The molecule has 0 amide bonds. The number of thiophene rings is 1. The van der Waals surface area contributed by atoms with Crippen molar-refractivity contribution < 1.29 is 8.78 Å². The van der Waals surface area contributed by atoms with Crippen molar-refractivity contribution in [3.63, 3.8) is 0 Å². The summed E-state index contributed by atoms with van der Waals surface area (Å²) in [6.45, 7) is 2.69. The van der Waals surface area contributed by atoms with Gasteiger partial charge in [0.15, 0.2) is 5.13 Å². The third kappa shape index (κ3) is 3.28. The summed E-state index contributed by atoms with van der Waals surface area (Å²) in [5, 5.41) is 6.86. The molecule has 0 unspecified atom stereocenters. The minimum Gasteiger partial charge on any atom is -0.308 e. The van der Waals surface area contributed by atoms with Crippen molar-refractivity contribution in [1.82, 2.24) is 15.1 Å². The van der Waals surface area contributed by atoms with Crippen LogP contribution in [0.3, 0.4) is 0 Å². The van der Waals surface area contributed by atoms with Crippen molar-refractivity contribution in [2.24, 2.45) is 7.05 Å². The number of hydrogen-bond acceptors (Lipinski definition) is 3. The van der Waals surface area contributed by atoms with Crippen LogP contribution in [0.5, 0.6) is 0 Å². The molecule has 0 saturated carbocycles. The molecule has 0 aliphatic carbocycles. The third-order valence-electron chi connectivity index (χ3n) is 2.50. The largest absolute Gasteiger partial charge is 0.308 e. The van der Waals surface area contributed by atoms with E-state index >= 15 is 0 Å². The second-order valence-electron chi connectivity index (χ2n) is 3.79. The normalized spacial score (nSPS) is 10.4. The van der Waals surface area contributed by atoms with E-state index in [1.807, 2.05) is 0 Å². The lowest BCUT2D eigenvalue weighted by Crippen LogP contribution is -2.13. The Bertz CT molecular complexity index is 524. The fraction of sp³-hybridized carbons (Fsp3) is 0.364. The van der Waals surface area contributed by atoms with Crippen molar-refractivity contribution >= 4 is 23.7 Å². The molecule has 0 aromatic carbocycles. The Morgan fingerprint density at radius 2 is 2.06 bits per heavy atom. The first kappa shape index (κ1) is 15.1. The van der Waals surface area contributed by atoms with E-state index in [-0.39, 0.29) is 23.5 Å². The molecule has 100 valence electrons. The molecule has 0 aliphatic rings. The smallest absolute Gasteiger partial charge is 0.215 e. The molecule has 0 atom stereocenters. The summed E-state index contributed by atoms with van der Waals surface area (Å²) < 4.78 is 27.5. The molecule has 0 spiro atoms. The van der Waals surface area contributed by atoms with E-state index in [9.17, 15) is 8.78 Å². The van der Waals surface area contributed by atoms with Gasteiger partial charge in [0.25, 0.3) is 0 Å². The van der Waals surface area contributed by atoms with Crippen molar-refractivity contribution in [3.8, 4) is 0 Å². The van der Waals surface area contributed by atoms with E-state index in [0.29, 0.717) is 24.3 Å². The Labute approximate surface area is 114 Å². The number of rotatable bonds is 4. The van der Waals surface area contributed by atoms with Crippen LogP contribution in [0, 0.1) is 18.0 Å². The average molecular weight is 294 g/mol. The fourth-order valence-corrected chi connectivity index (χ4v) is 2.33. The molecule has 0 bridgehead atoms. The van der Waals surface area contributed by atoms with Crippen LogP contribution >= 0.6 is 23.7 Å². The molecule has 2 rings (SSSR count). The van der Waals surface area contributed by atoms with E-state index in [1.54, 1.807) is 20.0 Å². The van der Waals surface area contributed by atoms with E-state index in [2.05, 4.69) is 10.4 Å². The SMILES string of the molecule is Cc1nn(C)c(F)c1CNCc1ccc(F)s1.Cl. The van der Waals surface area contributed by atoms with Crippen LogP contribution in [-0.4, -0.2) is 9.78 Å². The van der Waals surface area contributed by atoms with Gasteiger partial charge in [-0.1, -0.05) is 0 Å². The predicted molar refractivity (Wildman–Crippen MR) is 70.0 cm³/mol. The number of aromatic nitrogens is 2. The van der Waals surface area contributed by atoms with Gasteiger partial charge < -0.3 is 5.32 Å². The monoisotopic (exact) mass is 293 g/mol. The van der Waals surface area contributed by atoms with Crippen LogP contribution in [0.1, 0.15) is 16.1 Å². The minimum atomic E-state index is -0.327. The molecule has 0 radical (unpaired) electrons. The zero-order valence-electron chi connectivity index (χ0n) is 10.0. The second kappa shape index (κ2) is 6.26. The second-order valence-corrected chi connectivity index (χ2v) is 4.91. The molecule has 7 heteroatoms. The molecule has 0 aliphatic heterocycles. The van der Waals surface area contributed by atoms with Crippen LogP contribution < -0.4 is 5.32 Å². The quantitative estimate of drug-likeness (QED) is 0.939. The zero-order valence-corrected chi connectivity index (χ0v) is 11.7. The maximum Gasteiger partial charge on any atom is 0.215 e. The van der Waals surface area contributed by atoms with E-state index < -0.39 is 0 Å². The van der Waals surface area contributed by atoms with Gasteiger partial charge in [0.2, 0.25) is 5.95 Å². The Kier molecular flexibility index (Phi) is 5.25. The summed E-state index contributed by atoms with van der Waals surface area (Å²) in [5.74, 6) is -0.327. The van der Waals surface area contributed by atoms with Crippen molar-refractivity contribution in [2.45, 2.75) is 20.0 Å². The number of halogens is 3. The van der Waals surface area contributed by atoms with Crippen molar-refractivity contribution in [1.29, 1.82) is 0 Å². The van der Waals surface area contributed by atoms with Crippen molar-refractivity contribution in [2.75, 3.05) is 0 Å². The molecular formula is C11H14ClF2N3S. The summed E-state index contributed by atoms with van der Waals surface area (Å²) in [6.07, 6.45) is 0. The topological polar surface area (TPSA) is 29.9 Å². The summed E-state index contributed by atoms with van der Waals surface area (Å²) in [6, 6.07) is 3.15. The number of nitrogens with zero attached hydrogens (tertiary/aromatic N) is 2. The van der Waals surface area contributed by atoms with Crippen LogP contribution in [0.2, 0.25) is 0 Å². The Hall–Kier alpha value is -0.980. The van der Waals surface area contributed by atoms with Gasteiger partial charge in [-0.05, 0) is 19.1 Å². The highest BCUT2D eigenvalue weighted by Crippen LogP contribution is 2.15. The molecule has 2 heterocycles. The van der Waals surface area contributed by atoms with Gasteiger partial charge in [-0.15, -0.1) is 23.7 Å². The summed E-state index contributed by atoms with van der Waals surface area (Å²) in [5.41, 5.74) is 1.24. The first-order valence-corrected chi connectivity index (χ1v) is 6.02. The predicted octanol–water partition coefficient (Wildman–Crippen LogP) is 2.78. The van der Waals surface area contributed by atoms with Crippen LogP contribution in [0.4, 0.5) is 8.78 Å². The lowest BCUT2D eigenvalue weighted by molar-refractivity contribution is 0.490. The molecule has 18 heavy (non-hydrogen) atoms. The number of nitrogens with one attached hydrogen (secondary N) is 1. The van der Waals surface area contributed by atoms with E-state index in [4.69, 9.17) is 0 Å². The Morgan fingerprint density at radius 1 is 1.33 bits per heavy atom. The summed E-state index contributed by atoms with van der Waals surface area (Å²) >= 11 is 1.09. The van der Waals surface area contributed by atoms with Crippen molar-refractivity contribution in [3.05, 3.63) is 39.3 Å². The van der Waals surface area contributed by atoms with Gasteiger partial charge in [-0.3, -0.25) is 0 Å². The highest BCUT2D eigenvalue weighted by molar-refractivity contribution is 7.10. The lowest BCUT2D eigenvalue weighted by Gasteiger charge is -2.02. The molecule has 2 aromatic rings. The van der Waals surface area contributed by atoms with Gasteiger partial charge in [-0.2, -0.15) is 13.9 Å². The number of aryl methyl sites for hydroxylation is 2. The Balaban J connectivity index is 0.00000162. The first-order valence-electron chi connectivity index (χ1n) is 5.21. The minimum absolute atomic E-state index is 0. The third-order valence-corrected chi connectivity index (χ3v) is 3.37. The molecule has 0 fully saturated rings. The van der Waals surface area contributed by atoms with E-state index in [0.717, 1.165) is 16.2 Å². The first-order chi connectivity index (χ1) is 8.08.